The predicted molar refractivity (Wildman–Crippen MR) is 81.6 cm³/mol. The van der Waals surface area contributed by atoms with Gasteiger partial charge in [-0.25, -0.2) is 13.2 Å². The minimum atomic E-state index is -3.63. The molecule has 1 heterocycles. The summed E-state index contributed by atoms with van der Waals surface area (Å²) in [6.07, 6.45) is 1.65. The Balaban J connectivity index is 2.30. The number of sulfonamides is 1. The Bertz CT molecular complexity index is 698. The number of ether oxygens (including phenoxy) is 1. The normalized spacial score (nSPS) is 15.7. The van der Waals surface area contributed by atoms with Crippen LogP contribution in [0.3, 0.4) is 0 Å². The van der Waals surface area contributed by atoms with Gasteiger partial charge in [0.2, 0.25) is 10.0 Å². The Kier molecular flexibility index (Phi) is 5.20. The summed E-state index contributed by atoms with van der Waals surface area (Å²) < 4.78 is 31.4. The zero-order chi connectivity index (χ0) is 16.3. The van der Waals surface area contributed by atoms with Gasteiger partial charge in [-0.1, -0.05) is 0 Å². The Morgan fingerprint density at radius 3 is 2.50 bits per heavy atom. The summed E-state index contributed by atoms with van der Waals surface area (Å²) in [7, 11) is -3.63. The molecule has 0 saturated carbocycles. The van der Waals surface area contributed by atoms with Gasteiger partial charge < -0.3 is 10.5 Å². The van der Waals surface area contributed by atoms with E-state index in [4.69, 9.17) is 10.5 Å². The number of hydrogen-bond donors (Lipinski definition) is 1. The van der Waals surface area contributed by atoms with Crippen molar-refractivity contribution in [1.82, 2.24) is 4.31 Å². The average Bonchev–Trinajstić information content (AvgIpc) is 2.99. The van der Waals surface area contributed by atoms with Crippen LogP contribution in [0.1, 0.15) is 23.2 Å². The molecule has 0 atom stereocenters. The molecule has 0 spiro atoms. The Morgan fingerprint density at radius 2 is 1.91 bits per heavy atom. The summed E-state index contributed by atoms with van der Waals surface area (Å²) in [5, 5.41) is 0. The van der Waals surface area contributed by atoms with E-state index in [9.17, 15) is 18.0 Å². The fourth-order valence-electron chi connectivity index (χ4n) is 2.11. The lowest BCUT2D eigenvalue weighted by Crippen LogP contribution is -2.28. The van der Waals surface area contributed by atoms with Gasteiger partial charge in [-0.2, -0.15) is 4.31 Å². The maximum absolute atomic E-state index is 12.5. The molecule has 1 aromatic rings. The fourth-order valence-corrected chi connectivity index (χ4v) is 4.07. The molecule has 1 amide bonds. The van der Waals surface area contributed by atoms with Gasteiger partial charge in [-0.3, -0.25) is 4.79 Å². The second-order valence-corrected chi connectivity index (χ2v) is 7.59. The first-order valence-corrected chi connectivity index (χ1v) is 8.81. The second kappa shape index (κ2) is 6.76. The standard InChI is InChI=1S/C13H15BrN2O5S/c14-11-4-3-9(22(19,20)16-5-1-2-6-16)7-10(11)13(18)21-8-12(15)17/h3-4,7H,1-2,5-6,8H2,(H2,15,17). The molecule has 0 aliphatic carbocycles. The number of amides is 1. The van der Waals surface area contributed by atoms with Crippen LogP contribution in [0, 0.1) is 0 Å². The number of primary amides is 1. The highest BCUT2D eigenvalue weighted by atomic mass is 79.9. The van der Waals surface area contributed by atoms with E-state index in [0.717, 1.165) is 12.8 Å². The van der Waals surface area contributed by atoms with Crippen molar-refractivity contribution in [3.8, 4) is 0 Å². The van der Waals surface area contributed by atoms with Gasteiger partial charge in [-0.15, -0.1) is 0 Å². The van der Waals surface area contributed by atoms with Gasteiger partial charge in [0.25, 0.3) is 5.91 Å². The van der Waals surface area contributed by atoms with Crippen LogP contribution < -0.4 is 5.73 Å². The van der Waals surface area contributed by atoms with Crippen molar-refractivity contribution in [1.29, 1.82) is 0 Å². The fraction of sp³-hybridized carbons (Fsp3) is 0.385. The van der Waals surface area contributed by atoms with Crippen molar-refractivity contribution in [2.75, 3.05) is 19.7 Å². The number of rotatable bonds is 5. The van der Waals surface area contributed by atoms with Crippen molar-refractivity contribution in [3.63, 3.8) is 0 Å². The highest BCUT2D eigenvalue weighted by Gasteiger charge is 2.28. The van der Waals surface area contributed by atoms with Crippen LogP contribution in [0.2, 0.25) is 0 Å². The number of carbonyl (C=O) groups is 2. The predicted octanol–water partition coefficient (Wildman–Crippen LogP) is 0.876. The van der Waals surface area contributed by atoms with Crippen LogP contribution in [0.25, 0.3) is 0 Å². The molecular formula is C13H15BrN2O5S. The Morgan fingerprint density at radius 1 is 1.27 bits per heavy atom. The maximum atomic E-state index is 12.5. The molecule has 1 aliphatic heterocycles. The highest BCUT2D eigenvalue weighted by Crippen LogP contribution is 2.26. The average molecular weight is 391 g/mol. The number of halogens is 1. The molecule has 2 rings (SSSR count). The number of carbonyl (C=O) groups excluding carboxylic acids is 2. The van der Waals surface area contributed by atoms with Crippen molar-refractivity contribution >= 4 is 37.8 Å². The van der Waals surface area contributed by atoms with Gasteiger partial charge in [0.15, 0.2) is 6.61 Å². The van der Waals surface area contributed by atoms with Crippen LogP contribution in [0.15, 0.2) is 27.6 Å². The van der Waals surface area contributed by atoms with E-state index in [2.05, 4.69) is 15.9 Å². The molecular weight excluding hydrogens is 376 g/mol. The molecule has 0 bridgehead atoms. The largest absolute Gasteiger partial charge is 0.452 e. The second-order valence-electron chi connectivity index (χ2n) is 4.80. The SMILES string of the molecule is NC(=O)COC(=O)c1cc(S(=O)(=O)N2CCCC2)ccc1Br. The first kappa shape index (κ1) is 16.9. The van der Waals surface area contributed by atoms with Crippen LogP contribution in [-0.4, -0.2) is 44.3 Å². The van der Waals surface area contributed by atoms with E-state index in [1.165, 1.54) is 22.5 Å². The Labute approximate surface area is 136 Å². The molecule has 1 fully saturated rings. The van der Waals surface area contributed by atoms with Crippen molar-refractivity contribution < 1.29 is 22.7 Å². The molecule has 0 unspecified atom stereocenters. The van der Waals surface area contributed by atoms with Gasteiger partial charge in [0.1, 0.15) is 0 Å². The number of benzene rings is 1. The molecule has 1 saturated heterocycles. The van der Waals surface area contributed by atoms with E-state index in [0.29, 0.717) is 17.6 Å². The molecule has 7 nitrogen and oxygen atoms in total. The molecule has 120 valence electrons. The van der Waals surface area contributed by atoms with E-state index in [1.54, 1.807) is 0 Å². The molecule has 9 heteroatoms. The van der Waals surface area contributed by atoms with Crippen molar-refractivity contribution in [2.24, 2.45) is 5.73 Å². The highest BCUT2D eigenvalue weighted by molar-refractivity contribution is 9.10. The summed E-state index contributed by atoms with van der Waals surface area (Å²) in [6.45, 7) is 0.383. The lowest BCUT2D eigenvalue weighted by atomic mass is 10.2. The number of nitrogens with two attached hydrogens (primary N) is 1. The van der Waals surface area contributed by atoms with Crippen LogP contribution in [-0.2, 0) is 19.6 Å². The molecule has 0 aromatic heterocycles. The topological polar surface area (TPSA) is 107 Å². The monoisotopic (exact) mass is 390 g/mol. The Hall–Kier alpha value is -1.45. The number of hydrogen-bond acceptors (Lipinski definition) is 5. The quantitative estimate of drug-likeness (QED) is 0.750. The molecule has 22 heavy (non-hydrogen) atoms. The van der Waals surface area contributed by atoms with Crippen LogP contribution >= 0.6 is 15.9 Å². The minimum absolute atomic E-state index is 0.0172. The molecule has 1 aliphatic rings. The van der Waals surface area contributed by atoms with Gasteiger partial charge in [-0.05, 0) is 47.0 Å². The number of esters is 1. The summed E-state index contributed by atoms with van der Waals surface area (Å²) in [4.78, 5) is 22.6. The molecule has 1 aromatic carbocycles. The zero-order valence-corrected chi connectivity index (χ0v) is 14.0. The van der Waals surface area contributed by atoms with E-state index < -0.39 is 28.5 Å². The third-order valence-corrected chi connectivity index (χ3v) is 5.79. The lowest BCUT2D eigenvalue weighted by molar-refractivity contribution is -0.121. The summed E-state index contributed by atoms with van der Waals surface area (Å²) >= 11 is 3.16. The minimum Gasteiger partial charge on any atom is -0.452 e. The summed E-state index contributed by atoms with van der Waals surface area (Å²) in [5.41, 5.74) is 4.94. The first-order chi connectivity index (χ1) is 10.3. The van der Waals surface area contributed by atoms with Gasteiger partial charge in [0, 0.05) is 17.6 Å². The van der Waals surface area contributed by atoms with E-state index in [1.807, 2.05) is 0 Å². The van der Waals surface area contributed by atoms with Crippen molar-refractivity contribution in [2.45, 2.75) is 17.7 Å². The maximum Gasteiger partial charge on any atom is 0.339 e. The zero-order valence-electron chi connectivity index (χ0n) is 11.6. The van der Waals surface area contributed by atoms with E-state index >= 15 is 0 Å². The third kappa shape index (κ3) is 3.65. The van der Waals surface area contributed by atoms with Gasteiger partial charge in [0.05, 0.1) is 10.5 Å². The molecule has 0 radical (unpaired) electrons. The smallest absolute Gasteiger partial charge is 0.339 e. The van der Waals surface area contributed by atoms with E-state index in [-0.39, 0.29) is 10.5 Å². The number of nitrogens with zero attached hydrogens (tertiary/aromatic N) is 1. The van der Waals surface area contributed by atoms with Crippen LogP contribution in [0.4, 0.5) is 0 Å². The first-order valence-electron chi connectivity index (χ1n) is 6.57. The van der Waals surface area contributed by atoms with Crippen molar-refractivity contribution in [3.05, 3.63) is 28.2 Å². The van der Waals surface area contributed by atoms with Gasteiger partial charge >= 0.3 is 5.97 Å². The third-order valence-electron chi connectivity index (χ3n) is 3.21. The summed E-state index contributed by atoms with van der Waals surface area (Å²) in [5.74, 6) is -1.60. The summed E-state index contributed by atoms with van der Waals surface area (Å²) in [6, 6.07) is 4.12. The lowest BCUT2D eigenvalue weighted by Gasteiger charge is -2.16. The molecule has 2 N–H and O–H groups in total. The van der Waals surface area contributed by atoms with Crippen LogP contribution in [0.5, 0.6) is 0 Å².